The zero-order chi connectivity index (χ0) is 21.8. The molecule has 4 rings (SSSR count). The zero-order valence-electron chi connectivity index (χ0n) is 16.3. The van der Waals surface area contributed by atoms with Gasteiger partial charge in [0.05, 0.1) is 11.4 Å². The number of aromatic nitrogens is 4. The standard InChI is InChI=1S/C21H16ClFN4O4/c1-13-19(20(22)27(25-13)15-5-3-2-4-6-15)21(28)30-12-18-24-17(26-31-18)11-29-16-9-7-14(23)8-10-16/h2-10H,11-12H2,1H3. The lowest BCUT2D eigenvalue weighted by molar-refractivity contribution is 0.0429. The van der Waals surface area contributed by atoms with Crippen molar-refractivity contribution in [1.82, 2.24) is 19.9 Å². The molecule has 0 unspecified atom stereocenters. The van der Waals surface area contributed by atoms with Crippen LogP contribution < -0.4 is 4.74 Å². The number of benzene rings is 2. The van der Waals surface area contributed by atoms with E-state index in [4.69, 9.17) is 25.6 Å². The van der Waals surface area contributed by atoms with Crippen molar-refractivity contribution in [2.24, 2.45) is 0 Å². The molecule has 0 saturated carbocycles. The van der Waals surface area contributed by atoms with Crippen molar-refractivity contribution >= 4 is 17.6 Å². The van der Waals surface area contributed by atoms with Gasteiger partial charge in [-0.3, -0.25) is 0 Å². The lowest BCUT2D eigenvalue weighted by atomic mass is 10.2. The van der Waals surface area contributed by atoms with E-state index >= 15 is 0 Å². The summed E-state index contributed by atoms with van der Waals surface area (Å²) in [5.74, 6) is -0.218. The third-order valence-electron chi connectivity index (χ3n) is 4.23. The minimum atomic E-state index is -0.660. The molecule has 0 atom stereocenters. The summed E-state index contributed by atoms with van der Waals surface area (Å²) in [5, 5.41) is 8.22. The molecule has 8 nitrogen and oxygen atoms in total. The molecule has 0 saturated heterocycles. The maximum Gasteiger partial charge on any atom is 0.343 e. The summed E-state index contributed by atoms with van der Waals surface area (Å²) in [4.78, 5) is 16.6. The topological polar surface area (TPSA) is 92.3 Å². The molecular formula is C21H16ClFN4O4. The molecule has 0 N–H and O–H groups in total. The second-order valence-corrected chi connectivity index (χ2v) is 6.78. The molecular weight excluding hydrogens is 427 g/mol. The molecule has 0 bridgehead atoms. The van der Waals surface area contributed by atoms with Gasteiger partial charge in [0.25, 0.3) is 5.89 Å². The summed E-state index contributed by atoms with van der Waals surface area (Å²) in [7, 11) is 0. The first-order chi connectivity index (χ1) is 15.0. The molecule has 158 valence electrons. The molecule has 0 fully saturated rings. The number of esters is 1. The average molecular weight is 443 g/mol. The van der Waals surface area contributed by atoms with Crippen molar-refractivity contribution in [2.75, 3.05) is 0 Å². The normalized spacial score (nSPS) is 10.8. The van der Waals surface area contributed by atoms with E-state index in [0.717, 1.165) is 5.69 Å². The van der Waals surface area contributed by atoms with Crippen molar-refractivity contribution in [2.45, 2.75) is 20.1 Å². The molecule has 0 spiro atoms. The number of nitrogens with zero attached hydrogens (tertiary/aromatic N) is 4. The fraction of sp³-hybridized carbons (Fsp3) is 0.143. The van der Waals surface area contributed by atoms with Gasteiger partial charge in [-0.05, 0) is 43.3 Å². The summed E-state index contributed by atoms with van der Waals surface area (Å²) in [6, 6.07) is 14.7. The van der Waals surface area contributed by atoms with Gasteiger partial charge in [-0.1, -0.05) is 35.0 Å². The van der Waals surface area contributed by atoms with Gasteiger partial charge in [-0.15, -0.1) is 0 Å². The maximum atomic E-state index is 12.9. The molecule has 0 aliphatic carbocycles. The highest BCUT2D eigenvalue weighted by molar-refractivity contribution is 6.33. The SMILES string of the molecule is Cc1nn(-c2ccccc2)c(Cl)c1C(=O)OCc1nc(COc2ccc(F)cc2)no1. The van der Waals surface area contributed by atoms with E-state index in [9.17, 15) is 9.18 Å². The number of halogens is 2. The smallest absolute Gasteiger partial charge is 0.343 e. The van der Waals surface area contributed by atoms with Gasteiger partial charge >= 0.3 is 5.97 Å². The second kappa shape index (κ2) is 8.97. The Kier molecular flexibility index (Phi) is 5.94. The summed E-state index contributed by atoms with van der Waals surface area (Å²) >= 11 is 6.36. The number of carbonyl (C=O) groups is 1. The molecule has 4 aromatic rings. The zero-order valence-corrected chi connectivity index (χ0v) is 17.0. The van der Waals surface area contributed by atoms with Crippen LogP contribution in [0.3, 0.4) is 0 Å². The molecule has 0 amide bonds. The van der Waals surface area contributed by atoms with Crippen LogP contribution in [0.4, 0.5) is 4.39 Å². The highest BCUT2D eigenvalue weighted by atomic mass is 35.5. The molecule has 2 aromatic carbocycles. The largest absolute Gasteiger partial charge is 0.485 e. The van der Waals surface area contributed by atoms with E-state index in [2.05, 4.69) is 15.2 Å². The molecule has 0 aliphatic heterocycles. The van der Waals surface area contributed by atoms with Gasteiger partial charge in [-0.25, -0.2) is 13.9 Å². The van der Waals surface area contributed by atoms with E-state index in [1.807, 2.05) is 30.3 Å². The minimum absolute atomic E-state index is 0.0118. The van der Waals surface area contributed by atoms with Crippen LogP contribution in [-0.4, -0.2) is 25.9 Å². The number of para-hydroxylation sites is 1. The Morgan fingerprint density at radius 3 is 2.61 bits per heavy atom. The Morgan fingerprint density at radius 2 is 1.87 bits per heavy atom. The van der Waals surface area contributed by atoms with E-state index in [1.54, 1.807) is 6.92 Å². The molecule has 0 radical (unpaired) electrons. The van der Waals surface area contributed by atoms with Crippen LogP contribution in [0.25, 0.3) is 5.69 Å². The van der Waals surface area contributed by atoms with E-state index in [0.29, 0.717) is 11.4 Å². The summed E-state index contributed by atoms with van der Waals surface area (Å²) in [5.41, 5.74) is 1.31. The summed E-state index contributed by atoms with van der Waals surface area (Å²) < 4.78 is 30.1. The second-order valence-electron chi connectivity index (χ2n) is 6.42. The Balaban J connectivity index is 1.37. The first-order valence-electron chi connectivity index (χ1n) is 9.19. The Bertz CT molecular complexity index is 1190. The number of carbonyl (C=O) groups excluding carboxylic acids is 1. The van der Waals surface area contributed by atoms with E-state index in [1.165, 1.54) is 28.9 Å². The first kappa shape index (κ1) is 20.5. The predicted octanol–water partition coefficient (Wildman–Crippen LogP) is 4.29. The monoisotopic (exact) mass is 442 g/mol. The van der Waals surface area contributed by atoms with Crippen molar-refractivity contribution in [1.29, 1.82) is 0 Å². The van der Waals surface area contributed by atoms with Crippen LogP contribution in [0.15, 0.2) is 59.1 Å². The van der Waals surface area contributed by atoms with Crippen molar-refractivity contribution in [3.8, 4) is 11.4 Å². The number of ether oxygens (including phenoxy) is 2. The van der Waals surface area contributed by atoms with Crippen LogP contribution in [0.2, 0.25) is 5.15 Å². The van der Waals surface area contributed by atoms with Crippen LogP contribution in [0, 0.1) is 12.7 Å². The number of aryl methyl sites for hydroxylation is 1. The van der Waals surface area contributed by atoms with Gasteiger partial charge in [0.15, 0.2) is 13.2 Å². The molecule has 2 aromatic heterocycles. The van der Waals surface area contributed by atoms with Crippen LogP contribution in [-0.2, 0) is 18.0 Å². The molecule has 31 heavy (non-hydrogen) atoms. The van der Waals surface area contributed by atoms with Crippen LogP contribution >= 0.6 is 11.6 Å². The van der Waals surface area contributed by atoms with Crippen molar-refractivity contribution in [3.05, 3.63) is 88.5 Å². The quantitative estimate of drug-likeness (QED) is 0.394. The third-order valence-corrected chi connectivity index (χ3v) is 4.58. The highest BCUT2D eigenvalue weighted by Gasteiger charge is 2.23. The van der Waals surface area contributed by atoms with Crippen LogP contribution in [0.5, 0.6) is 5.75 Å². The fourth-order valence-corrected chi connectivity index (χ4v) is 3.11. The van der Waals surface area contributed by atoms with Gasteiger partial charge in [-0.2, -0.15) is 10.1 Å². The van der Waals surface area contributed by atoms with Gasteiger partial charge in [0.2, 0.25) is 5.82 Å². The minimum Gasteiger partial charge on any atom is -0.485 e. The number of hydrogen-bond donors (Lipinski definition) is 0. The van der Waals surface area contributed by atoms with Gasteiger partial charge in [0.1, 0.15) is 22.3 Å². The van der Waals surface area contributed by atoms with Crippen molar-refractivity contribution < 1.29 is 23.2 Å². The van der Waals surface area contributed by atoms with Gasteiger partial charge in [0, 0.05) is 0 Å². The van der Waals surface area contributed by atoms with E-state index < -0.39 is 5.97 Å². The third kappa shape index (κ3) is 4.72. The lowest BCUT2D eigenvalue weighted by Crippen LogP contribution is -2.07. The first-order valence-corrected chi connectivity index (χ1v) is 9.56. The summed E-state index contributed by atoms with van der Waals surface area (Å²) in [6.07, 6.45) is 0. The van der Waals surface area contributed by atoms with E-state index in [-0.39, 0.29) is 41.5 Å². The fourth-order valence-electron chi connectivity index (χ4n) is 2.76. The Labute approximate surface area is 181 Å². The number of rotatable bonds is 7. The van der Waals surface area contributed by atoms with Crippen molar-refractivity contribution in [3.63, 3.8) is 0 Å². The van der Waals surface area contributed by atoms with Crippen LogP contribution in [0.1, 0.15) is 27.8 Å². The number of hydrogen-bond acceptors (Lipinski definition) is 7. The molecule has 0 aliphatic rings. The molecule has 10 heteroatoms. The summed E-state index contributed by atoms with van der Waals surface area (Å²) in [6.45, 7) is 1.44. The molecule has 2 heterocycles. The average Bonchev–Trinajstić information content (AvgIpc) is 3.36. The lowest BCUT2D eigenvalue weighted by Gasteiger charge is -2.03. The Morgan fingerprint density at radius 1 is 1.13 bits per heavy atom. The Hall–Kier alpha value is -3.72. The predicted molar refractivity (Wildman–Crippen MR) is 107 cm³/mol. The van der Waals surface area contributed by atoms with Gasteiger partial charge < -0.3 is 14.0 Å². The highest BCUT2D eigenvalue weighted by Crippen LogP contribution is 2.24. The maximum absolute atomic E-state index is 12.9.